The van der Waals surface area contributed by atoms with Gasteiger partial charge in [-0.25, -0.2) is 14.5 Å². The summed E-state index contributed by atoms with van der Waals surface area (Å²) in [6, 6.07) is 6.83. The van der Waals surface area contributed by atoms with Gasteiger partial charge in [-0.05, 0) is 86.2 Å². The SMILES string of the molecule is COC(=O)c1ccc(NC(=O)C23C[C@H]4C[C@H](C2)CC(n2cnc(Cl)n2)(C4)C3)cc1. The number of methoxy groups -OCH3 is 1. The quantitative estimate of drug-likeness (QED) is 0.771. The van der Waals surface area contributed by atoms with Gasteiger partial charge in [-0.15, -0.1) is 5.10 Å². The number of rotatable bonds is 4. The number of aromatic nitrogens is 3. The lowest BCUT2D eigenvalue weighted by molar-refractivity contribution is -0.150. The number of carbonyl (C=O) groups is 2. The van der Waals surface area contributed by atoms with Gasteiger partial charge in [0.15, 0.2) is 0 Å². The Labute approximate surface area is 173 Å². The number of ether oxygens (including phenoxy) is 1. The van der Waals surface area contributed by atoms with Crippen LogP contribution in [-0.4, -0.2) is 33.8 Å². The second kappa shape index (κ2) is 6.55. The van der Waals surface area contributed by atoms with Gasteiger partial charge in [-0.1, -0.05) is 0 Å². The molecule has 4 aliphatic carbocycles. The Morgan fingerprint density at radius 1 is 1.17 bits per heavy atom. The van der Waals surface area contributed by atoms with Crippen LogP contribution in [0.15, 0.2) is 30.6 Å². The largest absolute Gasteiger partial charge is 0.465 e. The molecule has 7 nitrogen and oxygen atoms in total. The van der Waals surface area contributed by atoms with Crippen molar-refractivity contribution >= 4 is 29.2 Å². The molecule has 1 aromatic heterocycles. The molecular weight excluding hydrogens is 392 g/mol. The molecule has 1 N–H and O–H groups in total. The number of nitrogens with one attached hydrogen (secondary N) is 1. The van der Waals surface area contributed by atoms with Crippen molar-refractivity contribution in [3.8, 4) is 0 Å². The molecule has 152 valence electrons. The van der Waals surface area contributed by atoms with Gasteiger partial charge in [-0.2, -0.15) is 0 Å². The average Bonchev–Trinajstić information content (AvgIpc) is 3.14. The van der Waals surface area contributed by atoms with E-state index in [4.69, 9.17) is 16.3 Å². The van der Waals surface area contributed by atoms with Crippen molar-refractivity contribution in [1.82, 2.24) is 14.8 Å². The van der Waals surface area contributed by atoms with Crippen molar-refractivity contribution in [2.75, 3.05) is 12.4 Å². The third-order valence-electron chi connectivity index (χ3n) is 7.03. The summed E-state index contributed by atoms with van der Waals surface area (Å²) in [5.74, 6) is 0.712. The number of esters is 1. The molecule has 0 aliphatic heterocycles. The summed E-state index contributed by atoms with van der Waals surface area (Å²) >= 11 is 6.00. The Morgan fingerprint density at radius 2 is 1.86 bits per heavy atom. The second-order valence-electron chi connectivity index (χ2n) is 8.95. The van der Waals surface area contributed by atoms with Gasteiger partial charge in [0.05, 0.1) is 23.6 Å². The van der Waals surface area contributed by atoms with Crippen LogP contribution in [0.25, 0.3) is 0 Å². The highest BCUT2D eigenvalue weighted by molar-refractivity contribution is 6.28. The van der Waals surface area contributed by atoms with Crippen molar-refractivity contribution in [2.45, 2.75) is 44.1 Å². The summed E-state index contributed by atoms with van der Waals surface area (Å²) in [4.78, 5) is 29.2. The molecule has 8 heteroatoms. The number of nitrogens with zero attached hydrogens (tertiary/aromatic N) is 3. The zero-order valence-electron chi connectivity index (χ0n) is 16.2. The maximum atomic E-state index is 13.4. The zero-order chi connectivity index (χ0) is 20.2. The summed E-state index contributed by atoms with van der Waals surface area (Å²) in [6.07, 6.45) is 7.57. The topological polar surface area (TPSA) is 86.1 Å². The van der Waals surface area contributed by atoms with Crippen LogP contribution in [-0.2, 0) is 15.1 Å². The molecule has 2 atom stereocenters. The minimum absolute atomic E-state index is 0.0630. The third-order valence-corrected chi connectivity index (χ3v) is 7.20. The monoisotopic (exact) mass is 414 g/mol. The van der Waals surface area contributed by atoms with Crippen LogP contribution < -0.4 is 5.32 Å². The van der Waals surface area contributed by atoms with E-state index < -0.39 is 11.4 Å². The van der Waals surface area contributed by atoms with Crippen LogP contribution >= 0.6 is 11.6 Å². The normalized spacial score (nSPS) is 32.2. The van der Waals surface area contributed by atoms with E-state index in [1.807, 2.05) is 4.68 Å². The number of halogens is 1. The van der Waals surface area contributed by atoms with E-state index in [0.29, 0.717) is 23.1 Å². The van der Waals surface area contributed by atoms with E-state index in [1.54, 1.807) is 30.6 Å². The smallest absolute Gasteiger partial charge is 0.337 e. The fraction of sp³-hybridized carbons (Fsp3) is 0.524. The van der Waals surface area contributed by atoms with Gasteiger partial charge in [0.25, 0.3) is 0 Å². The second-order valence-corrected chi connectivity index (χ2v) is 9.28. The zero-order valence-corrected chi connectivity index (χ0v) is 17.0. The Balaban J connectivity index is 1.40. The molecular formula is C21H23ClN4O3. The summed E-state index contributed by atoms with van der Waals surface area (Å²) in [7, 11) is 1.35. The molecule has 1 aromatic carbocycles. The molecule has 0 radical (unpaired) electrons. The first-order valence-corrected chi connectivity index (χ1v) is 10.4. The average molecular weight is 415 g/mol. The number of anilines is 1. The minimum Gasteiger partial charge on any atom is -0.465 e. The minimum atomic E-state index is -0.399. The summed E-state index contributed by atoms with van der Waals surface area (Å²) in [6.45, 7) is 0. The van der Waals surface area contributed by atoms with Gasteiger partial charge in [0.2, 0.25) is 11.2 Å². The van der Waals surface area contributed by atoms with Gasteiger partial charge in [0.1, 0.15) is 6.33 Å². The van der Waals surface area contributed by atoms with Gasteiger partial charge >= 0.3 is 5.97 Å². The molecule has 4 aliphatic rings. The Morgan fingerprint density at radius 3 is 2.45 bits per heavy atom. The van der Waals surface area contributed by atoms with Crippen molar-refractivity contribution < 1.29 is 14.3 Å². The summed E-state index contributed by atoms with van der Waals surface area (Å²) in [5.41, 5.74) is 0.582. The lowest BCUT2D eigenvalue weighted by Crippen LogP contribution is -2.60. The van der Waals surface area contributed by atoms with E-state index in [9.17, 15) is 9.59 Å². The number of carbonyl (C=O) groups excluding carboxylic acids is 2. The first-order valence-electron chi connectivity index (χ1n) is 9.99. The van der Waals surface area contributed by atoms with Gasteiger partial charge in [-0.3, -0.25) is 4.79 Å². The first-order chi connectivity index (χ1) is 13.9. The summed E-state index contributed by atoms with van der Waals surface area (Å²) < 4.78 is 6.64. The molecule has 1 heterocycles. The fourth-order valence-electron chi connectivity index (χ4n) is 6.29. The molecule has 2 aromatic rings. The lowest BCUT2D eigenvalue weighted by atomic mass is 9.46. The van der Waals surface area contributed by atoms with Crippen LogP contribution in [0.1, 0.15) is 48.9 Å². The van der Waals surface area contributed by atoms with Crippen molar-refractivity contribution in [3.05, 3.63) is 41.4 Å². The van der Waals surface area contributed by atoms with E-state index in [-0.39, 0.29) is 16.7 Å². The Kier molecular flexibility index (Phi) is 4.21. The molecule has 0 unspecified atom stereocenters. The first kappa shape index (κ1) is 18.6. The number of hydrogen-bond acceptors (Lipinski definition) is 5. The van der Waals surface area contributed by atoms with Gasteiger partial charge in [0, 0.05) is 5.69 Å². The fourth-order valence-corrected chi connectivity index (χ4v) is 6.42. The molecule has 4 fully saturated rings. The Bertz CT molecular complexity index is 957. The van der Waals surface area contributed by atoms with E-state index in [2.05, 4.69) is 15.4 Å². The van der Waals surface area contributed by atoms with Crippen LogP contribution in [0.4, 0.5) is 5.69 Å². The van der Waals surface area contributed by atoms with Gasteiger partial charge < -0.3 is 10.1 Å². The number of hydrogen-bond donors (Lipinski definition) is 1. The lowest BCUT2D eigenvalue weighted by Gasteiger charge is -2.60. The van der Waals surface area contributed by atoms with Crippen LogP contribution in [0, 0.1) is 17.3 Å². The molecule has 6 rings (SSSR count). The van der Waals surface area contributed by atoms with Crippen molar-refractivity contribution in [3.63, 3.8) is 0 Å². The molecule has 29 heavy (non-hydrogen) atoms. The highest BCUT2D eigenvalue weighted by Gasteiger charge is 2.61. The predicted octanol–water partition coefficient (Wildman–Crippen LogP) is 3.65. The number of amides is 1. The van der Waals surface area contributed by atoms with E-state index in [0.717, 1.165) is 32.1 Å². The highest BCUT2D eigenvalue weighted by Crippen LogP contribution is 2.64. The van der Waals surface area contributed by atoms with E-state index >= 15 is 0 Å². The van der Waals surface area contributed by atoms with Crippen LogP contribution in [0.5, 0.6) is 0 Å². The van der Waals surface area contributed by atoms with Crippen molar-refractivity contribution in [1.29, 1.82) is 0 Å². The maximum absolute atomic E-state index is 13.4. The molecule has 0 saturated heterocycles. The van der Waals surface area contributed by atoms with E-state index in [1.165, 1.54) is 13.5 Å². The standard InChI is InChI=1S/C21H23ClN4O3/c1-29-17(27)15-2-4-16(5-3-15)24-18(28)20-7-13-6-14(8-20)10-21(9-13,11-20)26-12-23-19(22)25-26/h2-5,12-14H,6-11H2,1H3,(H,24,28)/t13-,14-,20?,21?/m1/s1. The molecule has 1 amide bonds. The Hall–Kier alpha value is -2.41. The molecule has 0 spiro atoms. The third kappa shape index (κ3) is 3.03. The molecule has 4 saturated carbocycles. The van der Waals surface area contributed by atoms with Crippen molar-refractivity contribution in [2.24, 2.45) is 17.3 Å². The van der Waals surface area contributed by atoms with Crippen LogP contribution in [0.3, 0.4) is 0 Å². The molecule has 4 bridgehead atoms. The highest BCUT2D eigenvalue weighted by atomic mass is 35.5. The predicted molar refractivity (Wildman–Crippen MR) is 107 cm³/mol. The van der Waals surface area contributed by atoms with Crippen LogP contribution in [0.2, 0.25) is 5.28 Å². The summed E-state index contributed by atoms with van der Waals surface area (Å²) in [5, 5.41) is 7.75. The number of benzene rings is 1. The maximum Gasteiger partial charge on any atom is 0.337 e.